The van der Waals surface area contributed by atoms with E-state index >= 15 is 0 Å². The Bertz CT molecular complexity index is 1130. The van der Waals surface area contributed by atoms with Gasteiger partial charge < -0.3 is 14.4 Å². The molecule has 2 saturated heterocycles. The highest BCUT2D eigenvalue weighted by molar-refractivity contribution is 8.18. The molecule has 0 radical (unpaired) electrons. The molecule has 0 aliphatic carbocycles. The van der Waals surface area contributed by atoms with Crippen molar-refractivity contribution in [1.29, 1.82) is 0 Å². The number of ether oxygens (including phenoxy) is 2. The molecule has 0 atom stereocenters. The standard InChI is InChI=1S/C23H19Cl3N2O5S/c24-16-3-1-14(2-4-16)13-33-21-17(25)9-15(10-18(21)26)11-19-22(30)28(23(31)34-19)12-20(29)27-5-7-32-8-6-27/h1-4,9-11H,5-8,12-13H2/b19-11+. The van der Waals surface area contributed by atoms with E-state index in [9.17, 15) is 14.4 Å². The van der Waals surface area contributed by atoms with Gasteiger partial charge in [-0.3, -0.25) is 19.3 Å². The van der Waals surface area contributed by atoms with Gasteiger partial charge in [0.05, 0.1) is 28.2 Å². The molecule has 2 aliphatic heterocycles. The van der Waals surface area contributed by atoms with Gasteiger partial charge in [0.25, 0.3) is 11.1 Å². The van der Waals surface area contributed by atoms with Gasteiger partial charge in [-0.1, -0.05) is 46.9 Å². The first-order valence-corrected chi connectivity index (χ1v) is 12.2. The van der Waals surface area contributed by atoms with Crippen molar-refractivity contribution in [3.05, 3.63) is 67.5 Å². The number of halogens is 3. The number of carbonyl (C=O) groups excluding carboxylic acids is 3. The maximum absolute atomic E-state index is 12.8. The SMILES string of the molecule is O=C(CN1C(=O)S/C(=C/c2cc(Cl)c(OCc3ccc(Cl)cc3)c(Cl)c2)C1=O)N1CCOCC1. The van der Waals surface area contributed by atoms with Crippen LogP contribution in [-0.2, 0) is 20.9 Å². The number of nitrogens with zero attached hydrogens (tertiary/aromatic N) is 2. The second-order valence-electron chi connectivity index (χ2n) is 7.49. The van der Waals surface area contributed by atoms with Crippen molar-refractivity contribution in [2.75, 3.05) is 32.8 Å². The second kappa shape index (κ2) is 11.0. The van der Waals surface area contributed by atoms with E-state index in [1.54, 1.807) is 29.2 Å². The molecule has 11 heteroatoms. The molecule has 0 saturated carbocycles. The largest absolute Gasteiger partial charge is 0.486 e. The van der Waals surface area contributed by atoms with Gasteiger partial charge in [0.2, 0.25) is 5.91 Å². The lowest BCUT2D eigenvalue weighted by atomic mass is 10.2. The molecular formula is C23H19Cl3N2O5S. The fourth-order valence-corrected chi connectivity index (χ4v) is 4.95. The van der Waals surface area contributed by atoms with Gasteiger partial charge in [0.15, 0.2) is 5.75 Å². The van der Waals surface area contributed by atoms with Crippen LogP contribution in [0.2, 0.25) is 15.1 Å². The maximum Gasteiger partial charge on any atom is 0.294 e. The van der Waals surface area contributed by atoms with Gasteiger partial charge in [0, 0.05) is 18.1 Å². The lowest BCUT2D eigenvalue weighted by Gasteiger charge is -2.28. The fourth-order valence-electron chi connectivity index (χ4n) is 3.37. The van der Waals surface area contributed by atoms with Crippen molar-refractivity contribution < 1.29 is 23.9 Å². The number of benzene rings is 2. The number of amides is 3. The Morgan fingerprint density at radius 1 is 1.06 bits per heavy atom. The number of imide groups is 1. The molecule has 178 valence electrons. The first-order valence-electron chi connectivity index (χ1n) is 10.3. The summed E-state index contributed by atoms with van der Waals surface area (Å²) in [6, 6.07) is 10.4. The zero-order valence-electron chi connectivity index (χ0n) is 17.8. The van der Waals surface area contributed by atoms with Crippen LogP contribution in [0.4, 0.5) is 4.79 Å². The molecule has 2 aromatic carbocycles. The number of rotatable bonds is 6. The minimum absolute atomic E-state index is 0.182. The summed E-state index contributed by atoms with van der Waals surface area (Å²) in [7, 11) is 0. The number of thioether (sulfide) groups is 1. The molecule has 0 unspecified atom stereocenters. The monoisotopic (exact) mass is 540 g/mol. The van der Waals surface area contributed by atoms with E-state index in [0.29, 0.717) is 42.6 Å². The minimum atomic E-state index is -0.535. The predicted molar refractivity (Wildman–Crippen MR) is 132 cm³/mol. The molecule has 4 rings (SSSR count). The van der Waals surface area contributed by atoms with Crippen LogP contribution in [0.15, 0.2) is 41.3 Å². The van der Waals surface area contributed by atoms with Crippen molar-refractivity contribution in [3.63, 3.8) is 0 Å². The molecule has 7 nitrogen and oxygen atoms in total. The highest BCUT2D eigenvalue weighted by atomic mass is 35.5. The highest BCUT2D eigenvalue weighted by Gasteiger charge is 2.37. The second-order valence-corrected chi connectivity index (χ2v) is 9.73. The molecule has 2 fully saturated rings. The van der Waals surface area contributed by atoms with Crippen molar-refractivity contribution in [2.45, 2.75) is 6.61 Å². The van der Waals surface area contributed by atoms with E-state index in [2.05, 4.69) is 0 Å². The molecule has 0 N–H and O–H groups in total. The third kappa shape index (κ3) is 5.87. The Balaban J connectivity index is 1.44. The third-order valence-corrected chi connectivity index (χ3v) is 6.87. The Labute approximate surface area is 215 Å². The van der Waals surface area contributed by atoms with Gasteiger partial charge in [-0.05, 0) is 53.2 Å². The van der Waals surface area contributed by atoms with E-state index in [0.717, 1.165) is 22.2 Å². The first kappa shape index (κ1) is 24.9. The molecule has 34 heavy (non-hydrogen) atoms. The van der Waals surface area contributed by atoms with Crippen LogP contribution < -0.4 is 4.74 Å². The van der Waals surface area contributed by atoms with Crippen LogP contribution >= 0.6 is 46.6 Å². The van der Waals surface area contributed by atoms with Crippen molar-refractivity contribution in [1.82, 2.24) is 9.80 Å². The Hall–Kier alpha value is -2.23. The van der Waals surface area contributed by atoms with Crippen molar-refractivity contribution in [3.8, 4) is 5.75 Å². The average molecular weight is 542 g/mol. The predicted octanol–water partition coefficient (Wildman–Crippen LogP) is 5.12. The lowest BCUT2D eigenvalue weighted by Crippen LogP contribution is -2.46. The van der Waals surface area contributed by atoms with Crippen molar-refractivity contribution in [2.24, 2.45) is 0 Å². The average Bonchev–Trinajstić information content (AvgIpc) is 3.07. The summed E-state index contributed by atoms with van der Waals surface area (Å²) in [5, 5.41) is 0.640. The maximum atomic E-state index is 12.8. The summed E-state index contributed by atoms with van der Waals surface area (Å²) < 4.78 is 11.0. The third-order valence-electron chi connectivity index (χ3n) is 5.15. The van der Waals surface area contributed by atoms with Gasteiger partial charge >= 0.3 is 0 Å². The van der Waals surface area contributed by atoms with Crippen LogP contribution in [0.3, 0.4) is 0 Å². The van der Waals surface area contributed by atoms with E-state index in [1.807, 2.05) is 12.1 Å². The Morgan fingerprint density at radius 2 is 1.71 bits per heavy atom. The van der Waals surface area contributed by atoms with Crippen LogP contribution in [-0.4, -0.2) is 59.7 Å². The molecule has 2 aromatic rings. The van der Waals surface area contributed by atoms with Gasteiger partial charge in [-0.15, -0.1) is 0 Å². The van der Waals surface area contributed by atoms with Crippen LogP contribution in [0.25, 0.3) is 6.08 Å². The summed E-state index contributed by atoms with van der Waals surface area (Å²) in [5.41, 5.74) is 1.42. The van der Waals surface area contributed by atoms with Crippen LogP contribution in [0.5, 0.6) is 5.75 Å². The van der Waals surface area contributed by atoms with E-state index in [4.69, 9.17) is 44.3 Å². The number of hydrogen-bond acceptors (Lipinski definition) is 6. The highest BCUT2D eigenvalue weighted by Crippen LogP contribution is 2.37. The number of morpholine rings is 1. The van der Waals surface area contributed by atoms with Gasteiger partial charge in [-0.25, -0.2) is 0 Å². The zero-order chi connectivity index (χ0) is 24.2. The van der Waals surface area contributed by atoms with Crippen LogP contribution in [0, 0.1) is 0 Å². The van der Waals surface area contributed by atoms with E-state index in [-0.39, 0.29) is 34.0 Å². The number of hydrogen-bond donors (Lipinski definition) is 0. The van der Waals surface area contributed by atoms with Crippen LogP contribution in [0.1, 0.15) is 11.1 Å². The quantitative estimate of drug-likeness (QED) is 0.473. The summed E-state index contributed by atoms with van der Waals surface area (Å²) in [4.78, 5) is 40.3. The van der Waals surface area contributed by atoms with E-state index < -0.39 is 11.1 Å². The summed E-state index contributed by atoms with van der Waals surface area (Å²) in [5.74, 6) is -0.522. The van der Waals surface area contributed by atoms with Gasteiger partial charge in [0.1, 0.15) is 13.2 Å². The zero-order valence-corrected chi connectivity index (χ0v) is 20.8. The van der Waals surface area contributed by atoms with E-state index in [1.165, 1.54) is 6.08 Å². The molecule has 0 spiro atoms. The molecule has 0 aromatic heterocycles. The summed E-state index contributed by atoms with van der Waals surface area (Å²) in [6.45, 7) is 1.69. The molecule has 2 aliphatic rings. The molecule has 3 amide bonds. The lowest BCUT2D eigenvalue weighted by molar-refractivity contribution is -0.139. The smallest absolute Gasteiger partial charge is 0.294 e. The van der Waals surface area contributed by atoms with Gasteiger partial charge in [-0.2, -0.15) is 0 Å². The van der Waals surface area contributed by atoms with Crippen molar-refractivity contribution >= 4 is 69.7 Å². The minimum Gasteiger partial charge on any atom is -0.486 e. The Morgan fingerprint density at radius 3 is 2.35 bits per heavy atom. The molecular weight excluding hydrogens is 523 g/mol. The topological polar surface area (TPSA) is 76.2 Å². The Kier molecular flexibility index (Phi) is 8.06. The number of carbonyl (C=O) groups is 3. The fraction of sp³-hybridized carbons (Fsp3) is 0.261. The first-order chi connectivity index (χ1) is 16.3. The molecule has 2 heterocycles. The molecule has 0 bridgehead atoms. The summed E-state index contributed by atoms with van der Waals surface area (Å²) >= 11 is 19.4. The summed E-state index contributed by atoms with van der Waals surface area (Å²) in [6.07, 6.45) is 1.52. The normalized spacial score (nSPS) is 17.6.